The summed E-state index contributed by atoms with van der Waals surface area (Å²) in [6, 6.07) is 12.9. The van der Waals surface area contributed by atoms with Crippen LogP contribution in [0.2, 0.25) is 0 Å². The molecule has 1 aromatic heterocycles. The van der Waals surface area contributed by atoms with E-state index in [9.17, 15) is 14.4 Å². The van der Waals surface area contributed by atoms with Crippen LogP contribution in [0.5, 0.6) is 0 Å². The lowest BCUT2D eigenvalue weighted by atomic mass is 10.0. The van der Waals surface area contributed by atoms with Gasteiger partial charge in [-0.1, -0.05) is 62.6 Å². The summed E-state index contributed by atoms with van der Waals surface area (Å²) < 4.78 is 0.922. The van der Waals surface area contributed by atoms with Crippen molar-refractivity contribution >= 4 is 16.8 Å². The Hall–Kier alpha value is -3.15. The van der Waals surface area contributed by atoms with Gasteiger partial charge < -0.3 is 5.32 Å². The van der Waals surface area contributed by atoms with E-state index in [-0.39, 0.29) is 8.42 Å². The maximum atomic E-state index is 12.3. The van der Waals surface area contributed by atoms with Crippen LogP contribution >= 0.6 is 0 Å². The molecule has 144 valence electrons. The molecule has 2 aromatic carbocycles. The van der Waals surface area contributed by atoms with Crippen LogP contribution in [0, 0.1) is 0 Å². The summed E-state index contributed by atoms with van der Waals surface area (Å²) in [7, 11) is 0. The van der Waals surface area contributed by atoms with Crippen LogP contribution in [0.15, 0.2) is 58.3 Å². The fourth-order valence-corrected chi connectivity index (χ4v) is 3.02. The number of rotatable bonds is 6. The highest BCUT2D eigenvalue weighted by atomic mass is 16.2. The molecule has 0 saturated carbocycles. The number of H-pyrrole nitrogens is 1. The average Bonchev–Trinajstić information content (AvgIpc) is 2.67. The largest absolute Gasteiger partial charge is 0.337 e. The van der Waals surface area contributed by atoms with Crippen molar-refractivity contribution in [2.24, 2.45) is 0 Å². The molecule has 0 aliphatic carbocycles. The first-order valence-corrected chi connectivity index (χ1v) is 9.23. The summed E-state index contributed by atoms with van der Waals surface area (Å²) in [5.41, 5.74) is -0.321. The van der Waals surface area contributed by atoms with E-state index in [2.05, 4.69) is 17.2 Å². The number of carbonyl (C=O) groups excluding carboxylic acids is 1. The van der Waals surface area contributed by atoms with Crippen molar-refractivity contribution in [2.75, 3.05) is 6.54 Å². The Kier molecular flexibility index (Phi) is 5.86. The minimum atomic E-state index is -0.740. The highest BCUT2D eigenvalue weighted by Gasteiger charge is 2.12. The molecular formula is C21H27N3O3. The molecule has 3 aromatic rings. The number of hydrogen-bond acceptors (Lipinski definition) is 3. The molecule has 1 heterocycles. The molecule has 1 amide bonds. The van der Waals surface area contributed by atoms with Crippen molar-refractivity contribution in [2.45, 2.75) is 32.6 Å². The maximum Gasteiger partial charge on any atom is 0.336 e. The van der Waals surface area contributed by atoms with Gasteiger partial charge in [0, 0.05) is 15.6 Å². The molecule has 0 aliphatic rings. The molecule has 0 fully saturated rings. The fourth-order valence-electron chi connectivity index (χ4n) is 3.02. The average molecular weight is 369 g/mol. The van der Waals surface area contributed by atoms with Gasteiger partial charge in [0.05, 0.1) is 5.56 Å². The fraction of sp³-hybridized carbons (Fsp3) is 0.286. The van der Waals surface area contributed by atoms with Gasteiger partial charge in [0.15, 0.2) is 0 Å². The van der Waals surface area contributed by atoms with Crippen molar-refractivity contribution in [1.82, 2.24) is 14.9 Å². The summed E-state index contributed by atoms with van der Waals surface area (Å²) in [5, 5.41) is 4.76. The Labute approximate surface area is 159 Å². The Balaban J connectivity index is 0.00000210. The van der Waals surface area contributed by atoms with Gasteiger partial charge in [0.1, 0.15) is 0 Å². The molecular weight excluding hydrogens is 342 g/mol. The van der Waals surface area contributed by atoms with E-state index in [1.54, 1.807) is 0 Å². The lowest BCUT2D eigenvalue weighted by Gasteiger charge is -2.09. The Bertz CT molecular complexity index is 1080. The van der Waals surface area contributed by atoms with Crippen LogP contribution < -0.4 is 16.6 Å². The number of amides is 1. The molecule has 0 saturated heterocycles. The van der Waals surface area contributed by atoms with Crippen molar-refractivity contribution in [3.8, 4) is 11.1 Å². The second kappa shape index (κ2) is 8.49. The third-order valence-corrected chi connectivity index (χ3v) is 4.53. The Morgan fingerprint density at radius 1 is 1.07 bits per heavy atom. The van der Waals surface area contributed by atoms with Gasteiger partial charge in [-0.25, -0.2) is 14.2 Å². The van der Waals surface area contributed by atoms with Crippen LogP contribution in [0.4, 0.5) is 4.79 Å². The number of hydrogen-bond donors (Lipinski definition) is 2. The number of nitrogens with one attached hydrogen (secondary N) is 2. The quantitative estimate of drug-likeness (QED) is 0.645. The SMILES string of the molecule is CCCCCCNC(=O)n1cc(-c2ccc3ccccc3c2)c(=O)[nH]c1=O.[HH].[HH]. The zero-order valence-corrected chi connectivity index (χ0v) is 15.3. The molecule has 3 rings (SSSR count). The molecule has 6 nitrogen and oxygen atoms in total. The Morgan fingerprint density at radius 2 is 1.85 bits per heavy atom. The normalized spacial score (nSPS) is 10.9. The molecule has 0 aliphatic heterocycles. The zero-order chi connectivity index (χ0) is 19.2. The Morgan fingerprint density at radius 3 is 2.63 bits per heavy atom. The van der Waals surface area contributed by atoms with Crippen molar-refractivity contribution in [1.29, 1.82) is 0 Å². The second-order valence-corrected chi connectivity index (χ2v) is 6.53. The summed E-state index contributed by atoms with van der Waals surface area (Å²) in [6.45, 7) is 2.61. The molecule has 6 heteroatoms. The van der Waals surface area contributed by atoms with E-state index in [0.29, 0.717) is 12.1 Å². The molecule has 0 radical (unpaired) electrons. The molecule has 0 bridgehead atoms. The molecule has 0 atom stereocenters. The summed E-state index contributed by atoms with van der Waals surface area (Å²) in [4.78, 5) is 38.9. The van der Waals surface area contributed by atoms with Crippen LogP contribution in [0.25, 0.3) is 21.9 Å². The molecule has 0 spiro atoms. The predicted molar refractivity (Wildman–Crippen MR) is 111 cm³/mol. The van der Waals surface area contributed by atoms with E-state index in [1.165, 1.54) is 6.20 Å². The van der Waals surface area contributed by atoms with Crippen molar-refractivity contribution in [3.05, 3.63) is 69.5 Å². The lowest BCUT2D eigenvalue weighted by molar-refractivity contribution is 0.241. The first kappa shape index (κ1) is 18.6. The first-order valence-electron chi connectivity index (χ1n) is 9.23. The number of nitrogens with zero attached hydrogens (tertiary/aromatic N) is 1. The third-order valence-electron chi connectivity index (χ3n) is 4.53. The number of aromatic amines is 1. The van der Waals surface area contributed by atoms with E-state index in [0.717, 1.165) is 41.0 Å². The first-order chi connectivity index (χ1) is 13.1. The third kappa shape index (κ3) is 4.34. The number of unbranched alkanes of at least 4 members (excludes halogenated alkanes) is 3. The summed E-state index contributed by atoms with van der Waals surface area (Å²) in [5.74, 6) is 0. The van der Waals surface area contributed by atoms with Crippen molar-refractivity contribution in [3.63, 3.8) is 0 Å². The van der Waals surface area contributed by atoms with Crippen LogP contribution in [-0.2, 0) is 0 Å². The standard InChI is InChI=1S/C21H23N3O3.2H2/c1-2-3-4-7-12-22-20(26)24-14-18(19(25)23-21(24)27)17-11-10-15-8-5-6-9-16(15)13-17;;/h5-6,8-11,13-14H,2-4,7,12H2,1H3,(H,22,26)(H,23,25,27);2*1H. The van der Waals surface area contributed by atoms with Gasteiger partial charge in [-0.2, -0.15) is 0 Å². The van der Waals surface area contributed by atoms with Crippen molar-refractivity contribution < 1.29 is 7.65 Å². The highest BCUT2D eigenvalue weighted by Crippen LogP contribution is 2.21. The number of benzene rings is 2. The van der Waals surface area contributed by atoms with Crippen LogP contribution in [0.3, 0.4) is 0 Å². The topological polar surface area (TPSA) is 84.0 Å². The van der Waals surface area contributed by atoms with Gasteiger partial charge in [-0.3, -0.25) is 9.78 Å². The van der Waals surface area contributed by atoms with Gasteiger partial charge in [-0.15, -0.1) is 0 Å². The molecule has 2 N–H and O–H groups in total. The highest BCUT2D eigenvalue weighted by molar-refractivity contribution is 5.87. The minimum Gasteiger partial charge on any atom is -0.337 e. The van der Waals surface area contributed by atoms with Gasteiger partial charge in [0.2, 0.25) is 0 Å². The van der Waals surface area contributed by atoms with Crippen LogP contribution in [0.1, 0.15) is 35.5 Å². The zero-order valence-electron chi connectivity index (χ0n) is 15.3. The van der Waals surface area contributed by atoms with E-state index < -0.39 is 17.3 Å². The lowest BCUT2D eigenvalue weighted by Crippen LogP contribution is -2.40. The molecule has 0 unspecified atom stereocenters. The van der Waals surface area contributed by atoms with E-state index in [4.69, 9.17) is 0 Å². The number of carbonyl (C=O) groups is 1. The smallest absolute Gasteiger partial charge is 0.336 e. The van der Waals surface area contributed by atoms with Gasteiger partial charge >= 0.3 is 11.7 Å². The predicted octanol–water partition coefficient (Wildman–Crippen LogP) is 3.99. The minimum absolute atomic E-state index is 0. The maximum absolute atomic E-state index is 12.3. The molecule has 27 heavy (non-hydrogen) atoms. The van der Waals surface area contributed by atoms with E-state index >= 15 is 0 Å². The van der Waals surface area contributed by atoms with Gasteiger partial charge in [0.25, 0.3) is 5.56 Å². The number of aromatic nitrogens is 2. The van der Waals surface area contributed by atoms with Crippen LogP contribution in [-0.4, -0.2) is 22.1 Å². The summed E-state index contributed by atoms with van der Waals surface area (Å²) in [6.07, 6.45) is 5.42. The second-order valence-electron chi connectivity index (χ2n) is 6.53. The van der Waals surface area contributed by atoms with Gasteiger partial charge in [-0.05, 0) is 28.8 Å². The van der Waals surface area contributed by atoms with E-state index in [1.807, 2.05) is 42.5 Å². The monoisotopic (exact) mass is 369 g/mol. The number of fused-ring (bicyclic) bond motifs is 1. The summed E-state index contributed by atoms with van der Waals surface area (Å²) >= 11 is 0.